The van der Waals surface area contributed by atoms with E-state index in [1.807, 2.05) is 66.4 Å². The van der Waals surface area contributed by atoms with Crippen molar-refractivity contribution in [3.63, 3.8) is 0 Å². The fourth-order valence-electron chi connectivity index (χ4n) is 3.12. The Hall–Kier alpha value is -3.54. The van der Waals surface area contributed by atoms with Gasteiger partial charge in [-0.3, -0.25) is 9.59 Å². The summed E-state index contributed by atoms with van der Waals surface area (Å²) < 4.78 is 10.9. The smallest absolute Gasteiger partial charge is 0.286 e. The second-order valence-corrected chi connectivity index (χ2v) is 7.16. The standard InChI is InChI=1S/C25H28N2O4/c1-2-27(24(28)11-6-16-26-25(29)23-10-7-17-30-23)18-20-12-14-22(15-13-20)31-19-21-8-4-3-5-9-21/h3-5,7-10,12-15,17H,2,6,11,16,18-19H2,1H3,(H,26,29). The Morgan fingerprint density at radius 2 is 1.74 bits per heavy atom. The molecule has 31 heavy (non-hydrogen) atoms. The van der Waals surface area contributed by atoms with Crippen molar-refractivity contribution < 1.29 is 18.7 Å². The first-order chi connectivity index (χ1) is 15.2. The third-order valence-corrected chi connectivity index (χ3v) is 4.88. The van der Waals surface area contributed by atoms with Crippen molar-refractivity contribution in [3.8, 4) is 5.75 Å². The minimum absolute atomic E-state index is 0.0687. The molecular weight excluding hydrogens is 392 g/mol. The number of nitrogens with zero attached hydrogens (tertiary/aromatic N) is 1. The van der Waals surface area contributed by atoms with Gasteiger partial charge in [0.15, 0.2) is 5.76 Å². The molecule has 162 valence electrons. The molecule has 0 fully saturated rings. The van der Waals surface area contributed by atoms with Crippen LogP contribution < -0.4 is 10.1 Å². The Kier molecular flexibility index (Phi) is 8.29. The Balaban J connectivity index is 1.40. The first-order valence-corrected chi connectivity index (χ1v) is 10.5. The van der Waals surface area contributed by atoms with Gasteiger partial charge in [-0.1, -0.05) is 42.5 Å². The van der Waals surface area contributed by atoms with E-state index in [-0.39, 0.29) is 17.6 Å². The van der Waals surface area contributed by atoms with Crippen LogP contribution in [-0.4, -0.2) is 29.8 Å². The highest BCUT2D eigenvalue weighted by molar-refractivity contribution is 5.91. The van der Waals surface area contributed by atoms with Crippen LogP contribution >= 0.6 is 0 Å². The Morgan fingerprint density at radius 3 is 2.42 bits per heavy atom. The maximum absolute atomic E-state index is 12.5. The lowest BCUT2D eigenvalue weighted by atomic mass is 10.2. The van der Waals surface area contributed by atoms with Crippen LogP contribution in [-0.2, 0) is 17.9 Å². The van der Waals surface area contributed by atoms with Crippen molar-refractivity contribution in [2.45, 2.75) is 32.9 Å². The molecule has 1 aromatic heterocycles. The summed E-state index contributed by atoms with van der Waals surface area (Å²) in [4.78, 5) is 26.2. The van der Waals surface area contributed by atoms with Crippen molar-refractivity contribution in [2.75, 3.05) is 13.1 Å². The molecule has 0 unspecified atom stereocenters. The highest BCUT2D eigenvalue weighted by Gasteiger charge is 2.13. The average molecular weight is 421 g/mol. The van der Waals surface area contributed by atoms with Gasteiger partial charge >= 0.3 is 0 Å². The van der Waals surface area contributed by atoms with Crippen LogP contribution in [0.5, 0.6) is 5.75 Å². The number of hydrogen-bond donors (Lipinski definition) is 1. The summed E-state index contributed by atoms with van der Waals surface area (Å²) in [7, 11) is 0. The number of furan rings is 1. The van der Waals surface area contributed by atoms with Gasteiger partial charge in [-0.15, -0.1) is 0 Å². The Labute approximate surface area is 182 Å². The molecule has 2 aromatic carbocycles. The third-order valence-electron chi connectivity index (χ3n) is 4.88. The van der Waals surface area contributed by atoms with E-state index < -0.39 is 0 Å². The van der Waals surface area contributed by atoms with Gasteiger partial charge in [0.1, 0.15) is 12.4 Å². The number of nitrogens with one attached hydrogen (secondary N) is 1. The molecule has 1 heterocycles. The van der Waals surface area contributed by atoms with Crippen LogP contribution in [0.1, 0.15) is 41.4 Å². The summed E-state index contributed by atoms with van der Waals surface area (Å²) in [5.74, 6) is 0.880. The number of carbonyl (C=O) groups excluding carboxylic acids is 2. The second-order valence-electron chi connectivity index (χ2n) is 7.16. The van der Waals surface area contributed by atoms with Crippen molar-refractivity contribution in [1.82, 2.24) is 10.2 Å². The molecule has 0 radical (unpaired) electrons. The fourth-order valence-corrected chi connectivity index (χ4v) is 3.12. The summed E-state index contributed by atoms with van der Waals surface area (Å²) in [5, 5.41) is 2.76. The first-order valence-electron chi connectivity index (χ1n) is 10.5. The molecular formula is C25H28N2O4. The molecule has 0 aliphatic carbocycles. The lowest BCUT2D eigenvalue weighted by molar-refractivity contribution is -0.131. The molecule has 0 spiro atoms. The van der Waals surface area contributed by atoms with E-state index in [9.17, 15) is 9.59 Å². The SMILES string of the molecule is CCN(Cc1ccc(OCc2ccccc2)cc1)C(=O)CCCNC(=O)c1ccco1. The molecule has 0 saturated heterocycles. The quantitative estimate of drug-likeness (QED) is 0.466. The van der Waals surface area contributed by atoms with Crippen LogP contribution in [0.2, 0.25) is 0 Å². The molecule has 0 aliphatic heterocycles. The summed E-state index contributed by atoms with van der Waals surface area (Å²) in [5.41, 5.74) is 2.17. The monoisotopic (exact) mass is 420 g/mol. The largest absolute Gasteiger partial charge is 0.489 e. The van der Waals surface area contributed by atoms with Gasteiger partial charge in [0, 0.05) is 26.1 Å². The van der Waals surface area contributed by atoms with Crippen LogP contribution in [0.15, 0.2) is 77.4 Å². The highest BCUT2D eigenvalue weighted by atomic mass is 16.5. The van der Waals surface area contributed by atoms with E-state index in [1.54, 1.807) is 12.1 Å². The Morgan fingerprint density at radius 1 is 0.968 bits per heavy atom. The zero-order valence-corrected chi connectivity index (χ0v) is 17.8. The van der Waals surface area contributed by atoms with E-state index in [4.69, 9.17) is 9.15 Å². The Bertz CT molecular complexity index is 937. The number of carbonyl (C=O) groups is 2. The predicted molar refractivity (Wildman–Crippen MR) is 119 cm³/mol. The molecule has 3 rings (SSSR count). The van der Waals surface area contributed by atoms with Gasteiger partial charge in [0.05, 0.1) is 6.26 Å². The van der Waals surface area contributed by atoms with Crippen molar-refractivity contribution in [1.29, 1.82) is 0 Å². The normalized spacial score (nSPS) is 10.5. The summed E-state index contributed by atoms with van der Waals surface area (Å²) >= 11 is 0. The van der Waals surface area contributed by atoms with Gasteiger partial charge in [0.25, 0.3) is 5.91 Å². The van der Waals surface area contributed by atoms with E-state index >= 15 is 0 Å². The van der Waals surface area contributed by atoms with E-state index in [0.29, 0.717) is 39.1 Å². The van der Waals surface area contributed by atoms with Gasteiger partial charge in [-0.05, 0) is 48.7 Å². The van der Waals surface area contributed by atoms with Gasteiger partial charge < -0.3 is 19.4 Å². The number of ether oxygens (including phenoxy) is 1. The van der Waals surface area contributed by atoms with Gasteiger partial charge in [0.2, 0.25) is 5.91 Å². The predicted octanol–water partition coefficient (Wildman–Crippen LogP) is 4.42. The van der Waals surface area contributed by atoms with Crippen molar-refractivity contribution >= 4 is 11.8 Å². The molecule has 1 N–H and O–H groups in total. The fraction of sp³-hybridized carbons (Fsp3) is 0.280. The molecule has 0 atom stereocenters. The zero-order valence-electron chi connectivity index (χ0n) is 17.8. The molecule has 0 saturated carbocycles. The van der Waals surface area contributed by atoms with Crippen molar-refractivity contribution in [2.24, 2.45) is 0 Å². The number of rotatable bonds is 11. The molecule has 0 aliphatic rings. The number of amides is 2. The van der Waals surface area contributed by atoms with Crippen molar-refractivity contribution in [3.05, 3.63) is 89.9 Å². The first kappa shape index (κ1) is 22.2. The zero-order chi connectivity index (χ0) is 21.9. The molecule has 2 amide bonds. The summed E-state index contributed by atoms with van der Waals surface area (Å²) in [6, 6.07) is 21.1. The summed E-state index contributed by atoms with van der Waals surface area (Å²) in [6.07, 6.45) is 2.41. The van der Waals surface area contributed by atoms with Crippen LogP contribution in [0.4, 0.5) is 0 Å². The topological polar surface area (TPSA) is 71.8 Å². The number of benzene rings is 2. The van der Waals surface area contributed by atoms with Crippen LogP contribution in [0, 0.1) is 0 Å². The second kappa shape index (κ2) is 11.6. The maximum atomic E-state index is 12.5. The average Bonchev–Trinajstić information content (AvgIpc) is 3.35. The van der Waals surface area contributed by atoms with Gasteiger partial charge in [-0.25, -0.2) is 0 Å². The highest BCUT2D eigenvalue weighted by Crippen LogP contribution is 2.16. The molecule has 3 aromatic rings. The minimum atomic E-state index is -0.264. The van der Waals surface area contributed by atoms with E-state index in [1.165, 1.54) is 6.26 Å². The minimum Gasteiger partial charge on any atom is -0.489 e. The molecule has 0 bridgehead atoms. The van der Waals surface area contributed by atoms with Crippen LogP contribution in [0.25, 0.3) is 0 Å². The lowest BCUT2D eigenvalue weighted by Gasteiger charge is -2.21. The molecule has 6 heteroatoms. The van der Waals surface area contributed by atoms with E-state index in [0.717, 1.165) is 16.9 Å². The lowest BCUT2D eigenvalue weighted by Crippen LogP contribution is -2.31. The van der Waals surface area contributed by atoms with E-state index in [2.05, 4.69) is 5.32 Å². The number of hydrogen-bond acceptors (Lipinski definition) is 4. The maximum Gasteiger partial charge on any atom is 0.286 e. The van der Waals surface area contributed by atoms with Gasteiger partial charge in [-0.2, -0.15) is 0 Å². The molecule has 6 nitrogen and oxygen atoms in total. The van der Waals surface area contributed by atoms with Crippen LogP contribution in [0.3, 0.4) is 0 Å². The third kappa shape index (κ3) is 7.03. The summed E-state index contributed by atoms with van der Waals surface area (Å²) in [6.45, 7) is 4.09.